The predicted octanol–water partition coefficient (Wildman–Crippen LogP) is 0.180. The number of rotatable bonds is 6. The van der Waals surface area contributed by atoms with Gasteiger partial charge in [0.2, 0.25) is 0 Å². The third-order valence-corrected chi connectivity index (χ3v) is 3.49. The largest absolute Gasteiger partial charge is 0.315 e. The number of hydrogen-bond acceptors (Lipinski definition) is 5. The molecular weight excluding hydrogens is 220 g/mol. The zero-order valence-electron chi connectivity index (χ0n) is 9.61. The van der Waals surface area contributed by atoms with Crippen molar-refractivity contribution in [2.45, 2.75) is 6.42 Å². The topological polar surface area (TPSA) is 40.2 Å². The van der Waals surface area contributed by atoms with Gasteiger partial charge in [-0.3, -0.25) is 4.90 Å². The summed E-state index contributed by atoms with van der Waals surface area (Å²) in [4.78, 5) is 6.77. The Kier molecular flexibility index (Phi) is 5.21. The summed E-state index contributed by atoms with van der Waals surface area (Å²) in [5.74, 6) is 0. The van der Waals surface area contributed by atoms with Crippen molar-refractivity contribution in [3.63, 3.8) is 0 Å². The molecule has 0 radical (unpaired) electrons. The smallest absolute Gasteiger partial charge is 0.0794 e. The van der Waals surface area contributed by atoms with E-state index in [0.29, 0.717) is 0 Å². The van der Waals surface area contributed by atoms with Gasteiger partial charge in [-0.15, -0.1) is 11.3 Å². The molecular formula is C11H20N4S. The molecule has 1 aromatic heterocycles. The van der Waals surface area contributed by atoms with E-state index in [2.05, 4.69) is 25.9 Å². The van der Waals surface area contributed by atoms with Crippen LogP contribution in [0.15, 0.2) is 10.9 Å². The fourth-order valence-electron chi connectivity index (χ4n) is 1.87. The predicted molar refractivity (Wildman–Crippen MR) is 68.0 cm³/mol. The van der Waals surface area contributed by atoms with E-state index in [-0.39, 0.29) is 0 Å². The number of thiazole rings is 1. The van der Waals surface area contributed by atoms with Crippen LogP contribution in [0.3, 0.4) is 0 Å². The van der Waals surface area contributed by atoms with Gasteiger partial charge >= 0.3 is 0 Å². The molecule has 2 rings (SSSR count). The van der Waals surface area contributed by atoms with Gasteiger partial charge in [0.05, 0.1) is 11.2 Å². The highest BCUT2D eigenvalue weighted by Gasteiger charge is 2.07. The number of hydrogen-bond donors (Lipinski definition) is 2. The van der Waals surface area contributed by atoms with E-state index in [1.165, 1.54) is 25.3 Å². The molecule has 0 saturated carbocycles. The van der Waals surface area contributed by atoms with Gasteiger partial charge in [-0.2, -0.15) is 0 Å². The van der Waals surface area contributed by atoms with Gasteiger partial charge in [0.15, 0.2) is 0 Å². The molecule has 1 fully saturated rings. The van der Waals surface area contributed by atoms with Crippen LogP contribution in [0.1, 0.15) is 5.69 Å². The molecule has 2 N–H and O–H groups in total. The van der Waals surface area contributed by atoms with Crippen LogP contribution in [0.25, 0.3) is 0 Å². The van der Waals surface area contributed by atoms with E-state index in [1.54, 1.807) is 11.3 Å². The van der Waals surface area contributed by atoms with E-state index in [9.17, 15) is 0 Å². The molecule has 90 valence electrons. The van der Waals surface area contributed by atoms with E-state index in [0.717, 1.165) is 32.6 Å². The molecule has 0 atom stereocenters. The monoisotopic (exact) mass is 240 g/mol. The summed E-state index contributed by atoms with van der Waals surface area (Å²) < 4.78 is 0. The number of aromatic nitrogens is 1. The molecule has 0 spiro atoms. The first-order chi connectivity index (χ1) is 7.95. The van der Waals surface area contributed by atoms with Crippen molar-refractivity contribution in [2.75, 3.05) is 45.8 Å². The summed E-state index contributed by atoms with van der Waals surface area (Å²) in [5.41, 5.74) is 3.11. The Labute approximate surface area is 101 Å². The third kappa shape index (κ3) is 4.17. The van der Waals surface area contributed by atoms with Crippen molar-refractivity contribution in [2.24, 2.45) is 0 Å². The Morgan fingerprint density at radius 2 is 2.25 bits per heavy atom. The maximum atomic E-state index is 4.26. The Morgan fingerprint density at radius 3 is 3.00 bits per heavy atom. The van der Waals surface area contributed by atoms with Crippen LogP contribution in [0.4, 0.5) is 0 Å². The van der Waals surface area contributed by atoms with E-state index >= 15 is 0 Å². The van der Waals surface area contributed by atoms with Crippen molar-refractivity contribution >= 4 is 11.3 Å². The third-order valence-electron chi connectivity index (χ3n) is 2.86. The second kappa shape index (κ2) is 6.96. The molecule has 0 unspecified atom stereocenters. The van der Waals surface area contributed by atoms with E-state index in [1.807, 2.05) is 5.51 Å². The van der Waals surface area contributed by atoms with Crippen LogP contribution in [0.5, 0.6) is 0 Å². The summed E-state index contributed by atoms with van der Waals surface area (Å²) in [6.07, 6.45) is 1.05. The first kappa shape index (κ1) is 12.0. The molecule has 4 nitrogen and oxygen atoms in total. The first-order valence-corrected chi connectivity index (χ1v) is 6.90. The van der Waals surface area contributed by atoms with Crippen molar-refractivity contribution < 1.29 is 0 Å². The minimum atomic E-state index is 1.04. The molecule has 0 aliphatic carbocycles. The van der Waals surface area contributed by atoms with Gasteiger partial charge < -0.3 is 10.6 Å². The zero-order chi connectivity index (χ0) is 11.1. The fraction of sp³-hybridized carbons (Fsp3) is 0.727. The van der Waals surface area contributed by atoms with Crippen molar-refractivity contribution in [3.05, 3.63) is 16.6 Å². The fourth-order valence-corrected chi connectivity index (χ4v) is 2.47. The summed E-state index contributed by atoms with van der Waals surface area (Å²) in [6.45, 7) is 7.94. The average Bonchev–Trinajstić information content (AvgIpc) is 2.83. The highest BCUT2D eigenvalue weighted by atomic mass is 32.1. The average molecular weight is 240 g/mol. The van der Waals surface area contributed by atoms with Gasteiger partial charge in [0.1, 0.15) is 0 Å². The number of nitrogens with one attached hydrogen (secondary N) is 2. The quantitative estimate of drug-likeness (QED) is 0.696. The zero-order valence-corrected chi connectivity index (χ0v) is 10.4. The molecule has 2 heterocycles. The molecule has 0 aromatic carbocycles. The lowest BCUT2D eigenvalue weighted by Crippen LogP contribution is -2.45. The second-order valence-corrected chi connectivity index (χ2v) is 4.79. The molecule has 1 aliphatic heterocycles. The number of piperazine rings is 1. The van der Waals surface area contributed by atoms with Gasteiger partial charge in [-0.25, -0.2) is 4.98 Å². The number of nitrogens with zero attached hydrogens (tertiary/aromatic N) is 2. The normalized spacial score (nSPS) is 17.8. The SMILES string of the molecule is c1nc(CCNCCN2CCNCC2)cs1. The second-order valence-electron chi connectivity index (χ2n) is 4.07. The summed E-state index contributed by atoms with van der Waals surface area (Å²) >= 11 is 1.67. The molecule has 1 aliphatic rings. The van der Waals surface area contributed by atoms with Gasteiger partial charge in [0.25, 0.3) is 0 Å². The summed E-state index contributed by atoms with van der Waals surface area (Å²) in [7, 11) is 0. The summed E-state index contributed by atoms with van der Waals surface area (Å²) in [6, 6.07) is 0. The van der Waals surface area contributed by atoms with Crippen LogP contribution in [0.2, 0.25) is 0 Å². The van der Waals surface area contributed by atoms with Crippen molar-refractivity contribution in [1.82, 2.24) is 20.5 Å². The molecule has 16 heavy (non-hydrogen) atoms. The maximum absolute atomic E-state index is 4.26. The highest BCUT2D eigenvalue weighted by Crippen LogP contribution is 2.00. The summed E-state index contributed by atoms with van der Waals surface area (Å²) in [5, 5.41) is 8.96. The van der Waals surface area contributed by atoms with Crippen LogP contribution in [0, 0.1) is 0 Å². The minimum absolute atomic E-state index is 1.04. The molecule has 5 heteroatoms. The van der Waals surface area contributed by atoms with Gasteiger partial charge in [-0.05, 0) is 0 Å². The molecule has 1 saturated heterocycles. The van der Waals surface area contributed by atoms with Crippen molar-refractivity contribution in [1.29, 1.82) is 0 Å². The van der Waals surface area contributed by atoms with Crippen LogP contribution in [-0.2, 0) is 6.42 Å². The van der Waals surface area contributed by atoms with Gasteiger partial charge in [0, 0.05) is 57.6 Å². The molecule has 0 amide bonds. The molecule has 1 aromatic rings. The molecule has 0 bridgehead atoms. The minimum Gasteiger partial charge on any atom is -0.315 e. The van der Waals surface area contributed by atoms with Crippen LogP contribution in [-0.4, -0.2) is 55.7 Å². The Balaban J connectivity index is 1.48. The maximum Gasteiger partial charge on any atom is 0.0794 e. The van der Waals surface area contributed by atoms with E-state index in [4.69, 9.17) is 0 Å². The lowest BCUT2D eigenvalue weighted by Gasteiger charge is -2.27. The van der Waals surface area contributed by atoms with Crippen molar-refractivity contribution in [3.8, 4) is 0 Å². The highest BCUT2D eigenvalue weighted by molar-refractivity contribution is 7.07. The first-order valence-electron chi connectivity index (χ1n) is 5.96. The Bertz CT molecular complexity index is 270. The Hall–Kier alpha value is -0.490. The lowest BCUT2D eigenvalue weighted by atomic mass is 10.3. The van der Waals surface area contributed by atoms with Crippen LogP contribution < -0.4 is 10.6 Å². The van der Waals surface area contributed by atoms with Crippen LogP contribution >= 0.6 is 11.3 Å². The lowest BCUT2D eigenvalue weighted by molar-refractivity contribution is 0.241. The van der Waals surface area contributed by atoms with Gasteiger partial charge in [-0.1, -0.05) is 0 Å². The standard InChI is InChI=1S/C11H20N4S/c1(11-9-16-10-14-11)2-12-3-6-15-7-4-13-5-8-15/h9-10,12-13H,1-8H2. The Morgan fingerprint density at radius 1 is 1.38 bits per heavy atom. The van der Waals surface area contributed by atoms with E-state index < -0.39 is 0 Å².